The van der Waals surface area contributed by atoms with E-state index in [4.69, 9.17) is 11.6 Å². The molecule has 0 saturated carbocycles. The summed E-state index contributed by atoms with van der Waals surface area (Å²) in [4.78, 5) is 0. The maximum absolute atomic E-state index is 10.4. The minimum absolute atomic E-state index is 0.0478. The largest absolute Gasteiger partial charge is 0.508 e. The average molecular weight is 343 g/mol. The first-order valence-corrected chi connectivity index (χ1v) is 8.14. The zero-order valence-corrected chi connectivity index (χ0v) is 13.7. The summed E-state index contributed by atoms with van der Waals surface area (Å²) in [5.41, 5.74) is 12.3. The van der Waals surface area contributed by atoms with Crippen LogP contribution in [0.15, 0.2) is 18.2 Å². The van der Waals surface area contributed by atoms with Crippen LogP contribution in [0.3, 0.4) is 0 Å². The van der Waals surface area contributed by atoms with Gasteiger partial charge in [0.25, 0.3) is 0 Å². The summed E-state index contributed by atoms with van der Waals surface area (Å²) in [5, 5.41) is 31.6. The van der Waals surface area contributed by atoms with Crippen molar-refractivity contribution in [3.63, 3.8) is 0 Å². The molecular formula is C15H23ClN4O3. The molecule has 1 aromatic carbocycles. The number of hydrazine groups is 2. The summed E-state index contributed by atoms with van der Waals surface area (Å²) < 4.78 is 0. The number of benzene rings is 1. The van der Waals surface area contributed by atoms with E-state index in [2.05, 4.69) is 21.7 Å². The van der Waals surface area contributed by atoms with E-state index in [1.807, 2.05) is 13.8 Å². The van der Waals surface area contributed by atoms with E-state index >= 15 is 0 Å². The van der Waals surface area contributed by atoms with Gasteiger partial charge in [-0.25, -0.2) is 10.9 Å². The van der Waals surface area contributed by atoms with Crippen LogP contribution in [0, 0.1) is 11.8 Å². The Kier molecular flexibility index (Phi) is 4.80. The van der Waals surface area contributed by atoms with Gasteiger partial charge in [0.2, 0.25) is 0 Å². The van der Waals surface area contributed by atoms with Gasteiger partial charge in [0.15, 0.2) is 0 Å². The Hall–Kier alpha value is -0.930. The van der Waals surface area contributed by atoms with Crippen LogP contribution in [-0.4, -0.2) is 39.9 Å². The van der Waals surface area contributed by atoms with E-state index in [1.165, 1.54) is 0 Å². The highest BCUT2D eigenvalue weighted by molar-refractivity contribution is 6.30. The molecule has 0 aromatic heterocycles. The van der Waals surface area contributed by atoms with Crippen LogP contribution in [0.25, 0.3) is 0 Å². The first-order chi connectivity index (χ1) is 10.9. The van der Waals surface area contributed by atoms with Gasteiger partial charge in [-0.3, -0.25) is 10.9 Å². The lowest BCUT2D eigenvalue weighted by Crippen LogP contribution is -2.41. The molecule has 1 aromatic rings. The summed E-state index contributed by atoms with van der Waals surface area (Å²) in [6.45, 7) is 3.91. The lowest BCUT2D eigenvalue weighted by Gasteiger charge is -2.36. The van der Waals surface area contributed by atoms with Crippen molar-refractivity contribution >= 4 is 11.6 Å². The molecule has 6 atom stereocenters. The Labute approximate surface area is 140 Å². The van der Waals surface area contributed by atoms with E-state index in [1.54, 1.807) is 18.2 Å². The van der Waals surface area contributed by atoms with Crippen molar-refractivity contribution in [2.45, 2.75) is 44.3 Å². The third-order valence-corrected chi connectivity index (χ3v) is 5.21. The monoisotopic (exact) mass is 342 g/mol. The maximum atomic E-state index is 10.4. The number of hydrogen-bond donors (Lipinski definition) is 7. The molecule has 2 aliphatic rings. The fraction of sp³-hybridized carbons (Fsp3) is 0.600. The number of aromatic hydroxyl groups is 1. The van der Waals surface area contributed by atoms with E-state index in [9.17, 15) is 15.3 Å². The normalized spacial score (nSPS) is 38.8. The number of phenols is 1. The van der Waals surface area contributed by atoms with Crippen molar-refractivity contribution in [3.8, 4) is 5.75 Å². The second-order valence-corrected chi connectivity index (χ2v) is 6.86. The van der Waals surface area contributed by atoms with Crippen molar-refractivity contribution in [1.82, 2.24) is 21.7 Å². The van der Waals surface area contributed by atoms with Crippen LogP contribution < -0.4 is 21.7 Å². The van der Waals surface area contributed by atoms with Gasteiger partial charge in [-0.05, 0) is 37.6 Å². The van der Waals surface area contributed by atoms with Crippen molar-refractivity contribution in [2.24, 2.45) is 11.8 Å². The van der Waals surface area contributed by atoms with E-state index in [0.717, 1.165) is 0 Å². The minimum atomic E-state index is -0.798. The zero-order valence-electron chi connectivity index (χ0n) is 13.0. The van der Waals surface area contributed by atoms with Crippen molar-refractivity contribution < 1.29 is 15.3 Å². The molecule has 2 fully saturated rings. The lowest BCUT2D eigenvalue weighted by atomic mass is 9.71. The van der Waals surface area contributed by atoms with Gasteiger partial charge in [-0.1, -0.05) is 11.6 Å². The quantitative estimate of drug-likeness (QED) is 0.414. The highest BCUT2D eigenvalue weighted by Gasteiger charge is 2.48. The molecule has 6 unspecified atom stereocenters. The first-order valence-electron chi connectivity index (χ1n) is 7.77. The SMILES string of the molecule is CC1NNC(O)C1C(c1cc(Cl)ccc1O)C1C(C)NNC1O. The van der Waals surface area contributed by atoms with Crippen molar-refractivity contribution in [1.29, 1.82) is 0 Å². The second kappa shape index (κ2) is 6.52. The van der Waals surface area contributed by atoms with Crippen LogP contribution >= 0.6 is 11.6 Å². The third-order valence-electron chi connectivity index (χ3n) is 4.98. The Morgan fingerprint density at radius 2 is 1.48 bits per heavy atom. The molecule has 0 aliphatic carbocycles. The summed E-state index contributed by atoms with van der Waals surface area (Å²) in [7, 11) is 0. The standard InChI is InChI=1S/C15H23ClN4O3/c1-6-11(14(22)19-17-6)13(12-7(2)18-20-15(12)23)9-5-8(16)3-4-10(9)21/h3-7,11-15,17-23H,1-2H3. The number of hydrogen-bond acceptors (Lipinski definition) is 7. The van der Waals surface area contributed by atoms with E-state index in [-0.39, 0.29) is 35.6 Å². The third kappa shape index (κ3) is 3.06. The van der Waals surface area contributed by atoms with E-state index < -0.39 is 12.5 Å². The predicted octanol–water partition coefficient (Wildman–Crippen LogP) is -0.00900. The van der Waals surface area contributed by atoms with Crippen LogP contribution in [0.4, 0.5) is 0 Å². The fourth-order valence-corrected chi connectivity index (χ4v) is 4.02. The Morgan fingerprint density at radius 1 is 0.957 bits per heavy atom. The molecule has 7 N–H and O–H groups in total. The Bertz CT molecular complexity index is 532. The van der Waals surface area contributed by atoms with Crippen molar-refractivity contribution in [3.05, 3.63) is 28.8 Å². The molecule has 23 heavy (non-hydrogen) atoms. The fourth-order valence-electron chi connectivity index (χ4n) is 3.84. The number of aliphatic hydroxyl groups is 2. The molecule has 7 nitrogen and oxygen atoms in total. The van der Waals surface area contributed by atoms with Gasteiger partial charge in [-0.2, -0.15) is 0 Å². The molecule has 2 aliphatic heterocycles. The molecule has 128 valence electrons. The Balaban J connectivity index is 2.08. The number of halogens is 1. The smallest absolute Gasteiger partial charge is 0.122 e. The number of nitrogens with one attached hydrogen (secondary N) is 4. The van der Waals surface area contributed by atoms with Gasteiger partial charge in [0.1, 0.15) is 18.2 Å². The van der Waals surface area contributed by atoms with Gasteiger partial charge in [0, 0.05) is 34.9 Å². The molecule has 8 heteroatoms. The highest BCUT2D eigenvalue weighted by Crippen LogP contribution is 2.44. The van der Waals surface area contributed by atoms with E-state index in [0.29, 0.717) is 10.6 Å². The minimum Gasteiger partial charge on any atom is -0.508 e. The zero-order chi connectivity index (χ0) is 16.7. The molecular weight excluding hydrogens is 320 g/mol. The Morgan fingerprint density at radius 3 is 1.91 bits per heavy atom. The first kappa shape index (κ1) is 16.9. The highest BCUT2D eigenvalue weighted by atomic mass is 35.5. The molecule has 0 radical (unpaired) electrons. The van der Waals surface area contributed by atoms with Gasteiger partial charge in [-0.15, -0.1) is 0 Å². The topological polar surface area (TPSA) is 109 Å². The van der Waals surface area contributed by atoms with Crippen LogP contribution in [0.2, 0.25) is 5.02 Å². The average Bonchev–Trinajstić information content (AvgIpc) is 3.00. The number of phenolic OH excluding ortho intramolecular Hbond substituents is 1. The summed E-state index contributed by atoms with van der Waals surface area (Å²) in [6.07, 6.45) is -1.60. The lowest BCUT2D eigenvalue weighted by molar-refractivity contribution is 0.0391. The molecule has 2 saturated heterocycles. The van der Waals surface area contributed by atoms with Crippen molar-refractivity contribution in [2.75, 3.05) is 0 Å². The summed E-state index contributed by atoms with van der Waals surface area (Å²) in [6, 6.07) is 4.77. The molecule has 2 heterocycles. The molecule has 0 bridgehead atoms. The number of aliphatic hydroxyl groups excluding tert-OH is 2. The number of rotatable bonds is 3. The summed E-state index contributed by atoms with van der Waals surface area (Å²) >= 11 is 6.12. The maximum Gasteiger partial charge on any atom is 0.122 e. The predicted molar refractivity (Wildman–Crippen MR) is 86.3 cm³/mol. The van der Waals surface area contributed by atoms with Crippen LogP contribution in [0.5, 0.6) is 5.75 Å². The molecule has 0 spiro atoms. The summed E-state index contributed by atoms with van der Waals surface area (Å²) in [5.74, 6) is -0.697. The second-order valence-electron chi connectivity index (χ2n) is 6.43. The van der Waals surface area contributed by atoms with Crippen LogP contribution in [0.1, 0.15) is 25.3 Å². The van der Waals surface area contributed by atoms with Gasteiger partial charge < -0.3 is 15.3 Å². The molecule has 3 rings (SSSR count). The van der Waals surface area contributed by atoms with Gasteiger partial charge in [0.05, 0.1) is 0 Å². The van der Waals surface area contributed by atoms with Crippen LogP contribution in [-0.2, 0) is 0 Å². The molecule has 0 amide bonds. The van der Waals surface area contributed by atoms with Gasteiger partial charge >= 0.3 is 0 Å².